The van der Waals surface area contributed by atoms with E-state index in [0.29, 0.717) is 0 Å². The van der Waals surface area contributed by atoms with Crippen LogP contribution in [-0.4, -0.2) is 13.1 Å². The van der Waals surface area contributed by atoms with Crippen LogP contribution in [0.15, 0.2) is 36.9 Å². The summed E-state index contributed by atoms with van der Waals surface area (Å²) in [7, 11) is 0. The van der Waals surface area contributed by atoms with E-state index in [4.69, 9.17) is 5.73 Å². The Hall–Kier alpha value is -1.28. The van der Waals surface area contributed by atoms with Crippen molar-refractivity contribution in [3.05, 3.63) is 42.5 Å². The number of hydrogen-bond donors (Lipinski definition) is 1. The Morgan fingerprint density at radius 1 is 1.20 bits per heavy atom. The van der Waals surface area contributed by atoms with Gasteiger partial charge in [0.05, 0.1) is 0 Å². The van der Waals surface area contributed by atoms with E-state index >= 15 is 0 Å². The minimum absolute atomic E-state index is 0.0439. The summed E-state index contributed by atoms with van der Waals surface area (Å²) < 4.78 is 0. The Bertz CT molecular complexity index is 323. The number of nitrogens with two attached hydrogens (primary N) is 1. The third-order valence-electron chi connectivity index (χ3n) is 3.00. The lowest BCUT2D eigenvalue weighted by Gasteiger charge is -2.18. The van der Waals surface area contributed by atoms with E-state index in [2.05, 4.69) is 35.7 Å². The smallest absolute Gasteiger partial charge is 0.0478 e. The van der Waals surface area contributed by atoms with Gasteiger partial charge in [0, 0.05) is 24.8 Å². The van der Waals surface area contributed by atoms with Gasteiger partial charge >= 0.3 is 0 Å². The number of hydrogen-bond acceptors (Lipinski definition) is 2. The quantitative estimate of drug-likeness (QED) is 0.763. The van der Waals surface area contributed by atoms with Crippen molar-refractivity contribution >= 4 is 5.69 Å². The molecule has 1 heterocycles. The average molecular weight is 202 g/mol. The molecule has 0 unspecified atom stereocenters. The van der Waals surface area contributed by atoms with Gasteiger partial charge in [0.15, 0.2) is 0 Å². The first-order chi connectivity index (χ1) is 7.31. The molecule has 15 heavy (non-hydrogen) atoms. The van der Waals surface area contributed by atoms with E-state index in [1.165, 1.54) is 31.6 Å². The summed E-state index contributed by atoms with van der Waals surface area (Å²) in [6.07, 6.45) is 4.40. The van der Waals surface area contributed by atoms with Crippen LogP contribution in [0.5, 0.6) is 0 Å². The Labute approximate surface area is 91.4 Å². The zero-order valence-electron chi connectivity index (χ0n) is 9.02. The third kappa shape index (κ3) is 2.21. The van der Waals surface area contributed by atoms with Crippen molar-refractivity contribution in [2.75, 3.05) is 18.0 Å². The second kappa shape index (κ2) is 4.49. The number of nitrogens with zero attached hydrogens (tertiary/aromatic N) is 1. The fourth-order valence-corrected chi connectivity index (χ4v) is 2.02. The summed E-state index contributed by atoms with van der Waals surface area (Å²) in [6.45, 7) is 6.08. The molecule has 2 nitrogen and oxygen atoms in total. The number of benzene rings is 1. The summed E-state index contributed by atoms with van der Waals surface area (Å²) in [6, 6.07) is 8.46. The molecule has 1 aromatic rings. The third-order valence-corrected chi connectivity index (χ3v) is 3.00. The van der Waals surface area contributed by atoms with Crippen molar-refractivity contribution in [3.8, 4) is 0 Å². The zero-order valence-corrected chi connectivity index (χ0v) is 9.02. The molecule has 80 valence electrons. The van der Waals surface area contributed by atoms with Crippen molar-refractivity contribution in [1.82, 2.24) is 0 Å². The Kier molecular flexibility index (Phi) is 3.07. The first-order valence-electron chi connectivity index (χ1n) is 5.54. The van der Waals surface area contributed by atoms with E-state index in [1.807, 2.05) is 0 Å². The summed E-state index contributed by atoms with van der Waals surface area (Å²) in [5.41, 5.74) is 8.31. The van der Waals surface area contributed by atoms with Gasteiger partial charge in [-0.3, -0.25) is 0 Å². The van der Waals surface area contributed by atoms with Crippen LogP contribution >= 0.6 is 0 Å². The van der Waals surface area contributed by atoms with E-state index in [1.54, 1.807) is 6.08 Å². The first-order valence-corrected chi connectivity index (χ1v) is 5.54. The maximum Gasteiger partial charge on any atom is 0.0478 e. The highest BCUT2D eigenvalue weighted by Gasteiger charge is 2.12. The van der Waals surface area contributed by atoms with Gasteiger partial charge in [0.2, 0.25) is 0 Å². The molecule has 0 aromatic heterocycles. The summed E-state index contributed by atoms with van der Waals surface area (Å²) in [5.74, 6) is 0. The van der Waals surface area contributed by atoms with Crippen molar-refractivity contribution in [1.29, 1.82) is 0 Å². The standard InChI is InChI=1S/C13H18N2/c1-2-13(14)11-5-7-12(8-6-11)15-9-3-4-10-15/h2,5-8,13H,1,3-4,9-10,14H2/t13-/m1/s1. The Morgan fingerprint density at radius 2 is 1.80 bits per heavy atom. The minimum atomic E-state index is -0.0439. The molecule has 0 radical (unpaired) electrons. The maximum absolute atomic E-state index is 5.87. The summed E-state index contributed by atoms with van der Waals surface area (Å²) in [4.78, 5) is 2.42. The molecule has 0 spiro atoms. The minimum Gasteiger partial charge on any atom is -0.372 e. The van der Waals surface area contributed by atoms with Gasteiger partial charge in [0.25, 0.3) is 0 Å². The van der Waals surface area contributed by atoms with Gasteiger partial charge in [-0.2, -0.15) is 0 Å². The highest BCUT2D eigenvalue weighted by atomic mass is 15.1. The molecule has 0 bridgehead atoms. The van der Waals surface area contributed by atoms with Crippen LogP contribution in [0, 0.1) is 0 Å². The molecule has 1 saturated heterocycles. The lowest BCUT2D eigenvalue weighted by molar-refractivity contribution is 0.910. The van der Waals surface area contributed by atoms with Gasteiger partial charge < -0.3 is 10.6 Å². The van der Waals surface area contributed by atoms with Crippen molar-refractivity contribution in [3.63, 3.8) is 0 Å². The van der Waals surface area contributed by atoms with Crippen LogP contribution in [0.3, 0.4) is 0 Å². The van der Waals surface area contributed by atoms with Crippen LogP contribution in [0.1, 0.15) is 24.4 Å². The first kappa shape index (κ1) is 10.2. The summed E-state index contributed by atoms with van der Waals surface area (Å²) in [5, 5.41) is 0. The SMILES string of the molecule is C=C[C@@H](N)c1ccc(N2CCCC2)cc1. The number of rotatable bonds is 3. The molecule has 2 heteroatoms. The molecular formula is C13H18N2. The summed E-state index contributed by atoms with van der Waals surface area (Å²) >= 11 is 0. The second-order valence-electron chi connectivity index (χ2n) is 4.05. The van der Waals surface area contributed by atoms with Crippen LogP contribution in [0.25, 0.3) is 0 Å². The topological polar surface area (TPSA) is 29.3 Å². The van der Waals surface area contributed by atoms with Gasteiger partial charge in [-0.25, -0.2) is 0 Å². The van der Waals surface area contributed by atoms with Crippen molar-refractivity contribution < 1.29 is 0 Å². The van der Waals surface area contributed by atoms with Gasteiger partial charge in [-0.15, -0.1) is 6.58 Å². The van der Waals surface area contributed by atoms with Crippen molar-refractivity contribution in [2.24, 2.45) is 5.73 Å². The zero-order chi connectivity index (χ0) is 10.7. The number of anilines is 1. The Morgan fingerprint density at radius 3 is 2.33 bits per heavy atom. The van der Waals surface area contributed by atoms with E-state index < -0.39 is 0 Å². The predicted octanol–water partition coefficient (Wildman–Crippen LogP) is 2.47. The monoisotopic (exact) mass is 202 g/mol. The highest BCUT2D eigenvalue weighted by molar-refractivity contribution is 5.48. The highest BCUT2D eigenvalue weighted by Crippen LogP contribution is 2.22. The normalized spacial score (nSPS) is 17.8. The van der Waals surface area contributed by atoms with Gasteiger partial charge in [0.1, 0.15) is 0 Å². The fourth-order valence-electron chi connectivity index (χ4n) is 2.02. The van der Waals surface area contributed by atoms with Crippen LogP contribution in [0.2, 0.25) is 0 Å². The van der Waals surface area contributed by atoms with Crippen LogP contribution in [0.4, 0.5) is 5.69 Å². The van der Waals surface area contributed by atoms with E-state index in [9.17, 15) is 0 Å². The predicted molar refractivity (Wildman–Crippen MR) is 65.0 cm³/mol. The van der Waals surface area contributed by atoms with Gasteiger partial charge in [-0.05, 0) is 30.5 Å². The maximum atomic E-state index is 5.87. The molecule has 2 N–H and O–H groups in total. The molecule has 0 saturated carbocycles. The lowest BCUT2D eigenvalue weighted by Crippen LogP contribution is -2.17. The average Bonchev–Trinajstić information content (AvgIpc) is 2.82. The molecule has 0 aliphatic carbocycles. The molecular weight excluding hydrogens is 184 g/mol. The second-order valence-corrected chi connectivity index (χ2v) is 4.05. The van der Waals surface area contributed by atoms with Gasteiger partial charge in [-0.1, -0.05) is 18.2 Å². The molecule has 0 amide bonds. The van der Waals surface area contributed by atoms with Crippen molar-refractivity contribution in [2.45, 2.75) is 18.9 Å². The molecule has 1 atom stereocenters. The van der Waals surface area contributed by atoms with Crippen LogP contribution < -0.4 is 10.6 Å². The molecule has 2 rings (SSSR count). The molecule has 1 aromatic carbocycles. The largest absolute Gasteiger partial charge is 0.372 e. The molecule has 1 aliphatic heterocycles. The van der Waals surface area contributed by atoms with E-state index in [0.717, 1.165) is 5.56 Å². The Balaban J connectivity index is 2.12. The van der Waals surface area contributed by atoms with E-state index in [-0.39, 0.29) is 6.04 Å². The fraction of sp³-hybridized carbons (Fsp3) is 0.385. The molecule has 1 fully saturated rings. The molecule has 1 aliphatic rings. The lowest BCUT2D eigenvalue weighted by atomic mass is 10.1. The van der Waals surface area contributed by atoms with Crippen LogP contribution in [-0.2, 0) is 0 Å².